The van der Waals surface area contributed by atoms with E-state index in [1.165, 1.54) is 6.07 Å². The Morgan fingerprint density at radius 2 is 1.96 bits per heavy atom. The summed E-state index contributed by atoms with van der Waals surface area (Å²) in [5, 5.41) is 18.2. The Labute approximate surface area is 157 Å². The first-order chi connectivity index (χ1) is 12.8. The highest BCUT2D eigenvalue weighted by Crippen LogP contribution is 2.22. The smallest absolute Gasteiger partial charge is 0.271 e. The number of nitrogens with one attached hydrogen (secondary N) is 1. The molecule has 1 aliphatic rings. The SMILES string of the molecule is Cc1nn(C)c(C)c1NC(=O)CN1CCN(c2cccc([N+](=O)[O-])c2)CC1. The molecule has 1 saturated heterocycles. The van der Waals surface area contributed by atoms with Crippen LogP contribution in [0.2, 0.25) is 0 Å². The molecule has 0 unspecified atom stereocenters. The lowest BCUT2D eigenvalue weighted by Crippen LogP contribution is -2.48. The number of benzene rings is 1. The maximum absolute atomic E-state index is 12.4. The molecule has 1 aromatic heterocycles. The molecule has 9 heteroatoms. The number of nitrogens with zero attached hydrogens (tertiary/aromatic N) is 5. The average molecular weight is 372 g/mol. The molecular weight excluding hydrogens is 348 g/mol. The number of aryl methyl sites for hydroxylation is 2. The van der Waals surface area contributed by atoms with E-state index in [0.29, 0.717) is 6.54 Å². The molecule has 27 heavy (non-hydrogen) atoms. The van der Waals surface area contributed by atoms with Crippen LogP contribution < -0.4 is 10.2 Å². The Bertz CT molecular complexity index is 855. The second-order valence-corrected chi connectivity index (χ2v) is 6.76. The molecule has 3 rings (SSSR count). The molecule has 0 atom stereocenters. The van der Waals surface area contributed by atoms with Crippen LogP contribution in [0.1, 0.15) is 11.4 Å². The predicted molar refractivity (Wildman–Crippen MR) is 103 cm³/mol. The van der Waals surface area contributed by atoms with E-state index in [9.17, 15) is 14.9 Å². The number of carbonyl (C=O) groups is 1. The summed E-state index contributed by atoms with van der Waals surface area (Å²) in [5.41, 5.74) is 3.44. The minimum absolute atomic E-state index is 0.0574. The molecule has 2 heterocycles. The van der Waals surface area contributed by atoms with Gasteiger partial charge in [0.1, 0.15) is 0 Å². The van der Waals surface area contributed by atoms with Crippen molar-refractivity contribution in [1.82, 2.24) is 14.7 Å². The van der Waals surface area contributed by atoms with Crippen molar-refractivity contribution in [3.63, 3.8) is 0 Å². The summed E-state index contributed by atoms with van der Waals surface area (Å²) < 4.78 is 1.75. The van der Waals surface area contributed by atoms with Crippen LogP contribution in [0.5, 0.6) is 0 Å². The minimum atomic E-state index is -0.382. The molecule has 1 fully saturated rings. The van der Waals surface area contributed by atoms with Crippen LogP contribution in [-0.2, 0) is 11.8 Å². The number of carbonyl (C=O) groups excluding carboxylic acids is 1. The van der Waals surface area contributed by atoms with E-state index < -0.39 is 0 Å². The summed E-state index contributed by atoms with van der Waals surface area (Å²) in [6, 6.07) is 6.66. The zero-order valence-electron chi connectivity index (χ0n) is 15.8. The Morgan fingerprint density at radius 1 is 1.26 bits per heavy atom. The van der Waals surface area contributed by atoms with Gasteiger partial charge >= 0.3 is 0 Å². The number of rotatable bonds is 5. The molecule has 1 amide bonds. The standard InChI is InChI=1S/C18H24N6O3/c1-13-18(14(2)21(3)20-13)19-17(25)12-22-7-9-23(10-8-22)15-5-4-6-16(11-15)24(26)27/h4-6,11H,7-10,12H2,1-3H3,(H,19,25). The average Bonchev–Trinajstić information content (AvgIpc) is 2.88. The number of anilines is 2. The summed E-state index contributed by atoms with van der Waals surface area (Å²) in [5.74, 6) is -0.0574. The quantitative estimate of drug-likeness (QED) is 0.634. The molecule has 0 spiro atoms. The van der Waals surface area contributed by atoms with E-state index in [0.717, 1.165) is 48.9 Å². The van der Waals surface area contributed by atoms with Crippen LogP contribution in [0, 0.1) is 24.0 Å². The van der Waals surface area contributed by atoms with Crippen LogP contribution in [0.4, 0.5) is 17.1 Å². The third-order valence-electron chi connectivity index (χ3n) is 4.92. The zero-order valence-corrected chi connectivity index (χ0v) is 15.8. The van der Waals surface area contributed by atoms with Gasteiger partial charge in [-0.25, -0.2) is 0 Å². The van der Waals surface area contributed by atoms with Gasteiger partial charge in [0, 0.05) is 51.0 Å². The summed E-state index contributed by atoms with van der Waals surface area (Å²) >= 11 is 0. The zero-order chi connectivity index (χ0) is 19.6. The van der Waals surface area contributed by atoms with Gasteiger partial charge in [-0.05, 0) is 19.9 Å². The van der Waals surface area contributed by atoms with Gasteiger partial charge in [0.25, 0.3) is 5.69 Å². The number of piperazine rings is 1. The van der Waals surface area contributed by atoms with Gasteiger partial charge in [0.2, 0.25) is 5.91 Å². The van der Waals surface area contributed by atoms with Crippen LogP contribution in [-0.4, -0.2) is 58.2 Å². The number of amides is 1. The van der Waals surface area contributed by atoms with E-state index in [1.54, 1.807) is 16.8 Å². The van der Waals surface area contributed by atoms with Crippen molar-refractivity contribution >= 4 is 23.0 Å². The van der Waals surface area contributed by atoms with Crippen molar-refractivity contribution in [2.75, 3.05) is 42.9 Å². The lowest BCUT2D eigenvalue weighted by atomic mass is 10.2. The molecule has 2 aromatic rings. The van der Waals surface area contributed by atoms with Gasteiger partial charge in [0.15, 0.2) is 0 Å². The summed E-state index contributed by atoms with van der Waals surface area (Å²) in [7, 11) is 1.85. The lowest BCUT2D eigenvalue weighted by Gasteiger charge is -2.35. The summed E-state index contributed by atoms with van der Waals surface area (Å²) in [6.07, 6.45) is 0. The fraction of sp³-hybridized carbons (Fsp3) is 0.444. The fourth-order valence-electron chi connectivity index (χ4n) is 3.30. The number of non-ortho nitro benzene ring substituents is 1. The van der Waals surface area contributed by atoms with Crippen molar-refractivity contribution in [3.8, 4) is 0 Å². The monoisotopic (exact) mass is 372 g/mol. The maximum Gasteiger partial charge on any atom is 0.271 e. The first-order valence-corrected chi connectivity index (χ1v) is 8.87. The van der Waals surface area contributed by atoms with Gasteiger partial charge in [-0.3, -0.25) is 24.5 Å². The number of nitro benzene ring substituents is 1. The predicted octanol–water partition coefficient (Wildman–Crippen LogP) is 1.71. The van der Waals surface area contributed by atoms with E-state index in [4.69, 9.17) is 0 Å². The Morgan fingerprint density at radius 3 is 2.56 bits per heavy atom. The van der Waals surface area contributed by atoms with Crippen LogP contribution in [0.25, 0.3) is 0 Å². The fourth-order valence-corrected chi connectivity index (χ4v) is 3.30. The van der Waals surface area contributed by atoms with E-state index in [-0.39, 0.29) is 16.5 Å². The Hall–Kier alpha value is -2.94. The van der Waals surface area contributed by atoms with E-state index in [2.05, 4.69) is 20.2 Å². The van der Waals surface area contributed by atoms with Crippen LogP contribution in [0.3, 0.4) is 0 Å². The number of hydrogen-bond acceptors (Lipinski definition) is 6. The molecule has 1 aliphatic heterocycles. The highest BCUT2D eigenvalue weighted by atomic mass is 16.6. The molecule has 0 bridgehead atoms. The number of hydrogen-bond donors (Lipinski definition) is 1. The van der Waals surface area contributed by atoms with E-state index in [1.807, 2.05) is 27.0 Å². The van der Waals surface area contributed by atoms with Gasteiger partial charge in [-0.1, -0.05) is 6.07 Å². The normalized spacial score (nSPS) is 15.0. The molecule has 0 radical (unpaired) electrons. The van der Waals surface area contributed by atoms with Crippen molar-refractivity contribution in [1.29, 1.82) is 0 Å². The summed E-state index contributed by atoms with van der Waals surface area (Å²) in [6.45, 7) is 7.01. The van der Waals surface area contributed by atoms with Crippen molar-refractivity contribution in [2.45, 2.75) is 13.8 Å². The number of nitro groups is 1. The first kappa shape index (κ1) is 18.8. The second kappa shape index (κ2) is 7.75. The highest BCUT2D eigenvalue weighted by molar-refractivity contribution is 5.93. The molecule has 0 saturated carbocycles. The largest absolute Gasteiger partial charge is 0.369 e. The minimum Gasteiger partial charge on any atom is -0.369 e. The third-order valence-corrected chi connectivity index (χ3v) is 4.92. The maximum atomic E-state index is 12.4. The Balaban J connectivity index is 1.54. The van der Waals surface area contributed by atoms with Crippen LogP contribution >= 0.6 is 0 Å². The van der Waals surface area contributed by atoms with Crippen molar-refractivity contribution < 1.29 is 9.72 Å². The van der Waals surface area contributed by atoms with Crippen molar-refractivity contribution in [2.24, 2.45) is 7.05 Å². The molecule has 1 N–H and O–H groups in total. The summed E-state index contributed by atoms with van der Waals surface area (Å²) in [4.78, 5) is 27.1. The van der Waals surface area contributed by atoms with E-state index >= 15 is 0 Å². The van der Waals surface area contributed by atoms with Gasteiger partial charge in [-0.15, -0.1) is 0 Å². The van der Waals surface area contributed by atoms with Gasteiger partial charge < -0.3 is 10.2 Å². The molecule has 9 nitrogen and oxygen atoms in total. The molecular formula is C18H24N6O3. The topological polar surface area (TPSA) is 96.5 Å². The Kier molecular flexibility index (Phi) is 5.41. The van der Waals surface area contributed by atoms with Crippen LogP contribution in [0.15, 0.2) is 24.3 Å². The second-order valence-electron chi connectivity index (χ2n) is 6.76. The molecule has 1 aromatic carbocycles. The molecule has 144 valence electrons. The third kappa shape index (κ3) is 4.25. The first-order valence-electron chi connectivity index (χ1n) is 8.87. The highest BCUT2D eigenvalue weighted by Gasteiger charge is 2.21. The molecule has 0 aliphatic carbocycles. The lowest BCUT2D eigenvalue weighted by molar-refractivity contribution is -0.384. The van der Waals surface area contributed by atoms with Gasteiger partial charge in [-0.2, -0.15) is 5.10 Å². The number of aromatic nitrogens is 2. The van der Waals surface area contributed by atoms with Crippen molar-refractivity contribution in [3.05, 3.63) is 45.8 Å². The van der Waals surface area contributed by atoms with Gasteiger partial charge in [0.05, 0.1) is 28.5 Å².